The molecule has 10 heteroatoms. The van der Waals surface area contributed by atoms with Gasteiger partial charge in [0.2, 0.25) is 5.95 Å². The van der Waals surface area contributed by atoms with Crippen LogP contribution in [0.3, 0.4) is 0 Å². The van der Waals surface area contributed by atoms with Gasteiger partial charge in [0.25, 0.3) is 0 Å². The molecule has 0 radical (unpaired) electrons. The zero-order valence-electron chi connectivity index (χ0n) is 13.2. The van der Waals surface area contributed by atoms with E-state index in [1.165, 1.54) is 6.07 Å². The van der Waals surface area contributed by atoms with Crippen LogP contribution in [-0.4, -0.2) is 31.5 Å². The van der Waals surface area contributed by atoms with Crippen molar-refractivity contribution in [3.05, 3.63) is 52.3 Å². The number of nitriles is 1. The van der Waals surface area contributed by atoms with Crippen molar-refractivity contribution in [2.75, 3.05) is 12.3 Å². The van der Waals surface area contributed by atoms with Crippen LogP contribution >= 0.6 is 23.2 Å². The number of ether oxygens (including phenoxy) is 1. The van der Waals surface area contributed by atoms with Crippen molar-refractivity contribution >= 4 is 29.2 Å². The molecule has 8 nitrogen and oxygen atoms in total. The quantitative estimate of drug-likeness (QED) is 0.708. The number of rotatable bonds is 5. The zero-order valence-corrected chi connectivity index (χ0v) is 14.7. The summed E-state index contributed by atoms with van der Waals surface area (Å²) in [7, 11) is 0. The molecule has 0 fully saturated rings. The molecule has 2 heterocycles. The van der Waals surface area contributed by atoms with E-state index in [-0.39, 0.29) is 29.8 Å². The number of aromatic nitrogens is 5. The third kappa shape index (κ3) is 4.14. The number of halogens is 2. The van der Waals surface area contributed by atoms with Crippen molar-refractivity contribution < 1.29 is 4.74 Å². The third-order valence-corrected chi connectivity index (χ3v) is 3.80. The standard InChI is InChI=1S/C16H11Cl2N7O/c17-10-7-11(18)12(26-5-2-19)6-9(10)15-23-14(24-16(20)25-15)8-13-21-3-1-4-22-13/h1,3-4,6-7H,5,8H2,(H2,20,23,24,25). The fourth-order valence-electron chi connectivity index (χ4n) is 2.12. The fraction of sp³-hybridized carbons (Fsp3) is 0.125. The molecule has 3 rings (SSSR count). The van der Waals surface area contributed by atoms with E-state index in [0.29, 0.717) is 28.0 Å². The summed E-state index contributed by atoms with van der Waals surface area (Å²) in [5, 5.41) is 9.25. The Morgan fingerprint density at radius 3 is 2.54 bits per heavy atom. The normalized spacial score (nSPS) is 10.3. The first-order chi connectivity index (χ1) is 12.6. The number of nitrogens with zero attached hydrogens (tertiary/aromatic N) is 6. The van der Waals surface area contributed by atoms with E-state index in [9.17, 15) is 0 Å². The third-order valence-electron chi connectivity index (χ3n) is 3.19. The van der Waals surface area contributed by atoms with Crippen LogP contribution in [0.4, 0.5) is 5.95 Å². The van der Waals surface area contributed by atoms with Crippen LogP contribution in [0.5, 0.6) is 5.75 Å². The largest absolute Gasteiger partial charge is 0.477 e. The summed E-state index contributed by atoms with van der Waals surface area (Å²) >= 11 is 12.3. The molecule has 0 unspecified atom stereocenters. The van der Waals surface area contributed by atoms with Crippen molar-refractivity contribution in [2.45, 2.75) is 6.42 Å². The van der Waals surface area contributed by atoms with Crippen LogP contribution < -0.4 is 10.5 Å². The minimum atomic E-state index is -0.156. The predicted octanol–water partition coefficient (Wildman–Crippen LogP) is 2.71. The van der Waals surface area contributed by atoms with Gasteiger partial charge in [-0.2, -0.15) is 15.2 Å². The number of hydrogen-bond acceptors (Lipinski definition) is 8. The van der Waals surface area contributed by atoms with Gasteiger partial charge < -0.3 is 10.5 Å². The molecule has 0 bridgehead atoms. The molecule has 0 atom stereocenters. The van der Waals surface area contributed by atoms with Crippen LogP contribution in [0.15, 0.2) is 30.6 Å². The molecule has 130 valence electrons. The topological polar surface area (TPSA) is 123 Å². The smallest absolute Gasteiger partial charge is 0.223 e. The molecule has 0 spiro atoms. The number of anilines is 1. The summed E-state index contributed by atoms with van der Waals surface area (Å²) in [4.78, 5) is 20.9. The van der Waals surface area contributed by atoms with Gasteiger partial charge in [-0.1, -0.05) is 23.2 Å². The van der Waals surface area contributed by atoms with Crippen molar-refractivity contribution in [1.29, 1.82) is 5.26 Å². The zero-order chi connectivity index (χ0) is 18.5. The molecule has 2 N–H and O–H groups in total. The summed E-state index contributed by atoms with van der Waals surface area (Å²) < 4.78 is 5.29. The highest BCUT2D eigenvalue weighted by atomic mass is 35.5. The second-order valence-electron chi connectivity index (χ2n) is 4.98. The van der Waals surface area contributed by atoms with Gasteiger partial charge in [0, 0.05) is 18.0 Å². The second-order valence-corrected chi connectivity index (χ2v) is 5.80. The van der Waals surface area contributed by atoms with Crippen molar-refractivity contribution in [3.63, 3.8) is 0 Å². The van der Waals surface area contributed by atoms with Crippen LogP contribution in [0.25, 0.3) is 11.4 Å². The number of hydrogen-bond donors (Lipinski definition) is 1. The van der Waals surface area contributed by atoms with Crippen LogP contribution in [0.1, 0.15) is 11.6 Å². The minimum Gasteiger partial charge on any atom is -0.477 e. The summed E-state index contributed by atoms with van der Waals surface area (Å²) in [5.41, 5.74) is 6.25. The SMILES string of the molecule is N#CCOc1cc(-c2nc(N)nc(Cc3ncccn3)n2)c(Cl)cc1Cl. The van der Waals surface area contributed by atoms with Crippen molar-refractivity contribution in [2.24, 2.45) is 0 Å². The van der Waals surface area contributed by atoms with Gasteiger partial charge in [0.05, 0.1) is 16.5 Å². The highest BCUT2D eigenvalue weighted by molar-refractivity contribution is 6.37. The molecule has 26 heavy (non-hydrogen) atoms. The average Bonchev–Trinajstić information content (AvgIpc) is 2.61. The molecule has 0 aliphatic heterocycles. The number of nitrogen functional groups attached to an aromatic ring is 1. The maximum absolute atomic E-state index is 8.67. The maximum atomic E-state index is 8.67. The second kappa shape index (κ2) is 7.91. The first-order valence-electron chi connectivity index (χ1n) is 7.32. The maximum Gasteiger partial charge on any atom is 0.223 e. The van der Waals surface area contributed by atoms with E-state index < -0.39 is 0 Å². The van der Waals surface area contributed by atoms with Gasteiger partial charge in [-0.05, 0) is 18.2 Å². The summed E-state index contributed by atoms with van der Waals surface area (Å²) in [6.45, 7) is -0.156. The van der Waals surface area contributed by atoms with E-state index >= 15 is 0 Å². The number of benzene rings is 1. The lowest BCUT2D eigenvalue weighted by atomic mass is 10.2. The molecular weight excluding hydrogens is 377 g/mol. The Hall–Kier alpha value is -3.02. The van der Waals surface area contributed by atoms with Crippen molar-refractivity contribution in [1.82, 2.24) is 24.9 Å². The lowest BCUT2D eigenvalue weighted by Gasteiger charge is -2.10. The molecule has 2 aromatic heterocycles. The molecular formula is C16H11Cl2N7O. The van der Waals surface area contributed by atoms with E-state index in [2.05, 4.69) is 24.9 Å². The van der Waals surface area contributed by atoms with Gasteiger partial charge in [-0.3, -0.25) is 0 Å². The Balaban J connectivity index is 2.00. The Labute approximate surface area is 158 Å². The molecule has 1 aromatic carbocycles. The van der Waals surface area contributed by atoms with E-state index in [0.717, 1.165) is 0 Å². The summed E-state index contributed by atoms with van der Waals surface area (Å²) in [6.07, 6.45) is 3.54. The molecule has 0 saturated heterocycles. The van der Waals surface area contributed by atoms with Crippen molar-refractivity contribution in [3.8, 4) is 23.2 Å². The summed E-state index contributed by atoms with van der Waals surface area (Å²) in [6, 6.07) is 6.64. The lowest BCUT2D eigenvalue weighted by molar-refractivity contribution is 0.368. The molecule has 0 amide bonds. The molecule has 0 saturated carbocycles. The van der Waals surface area contributed by atoms with Gasteiger partial charge in [-0.25, -0.2) is 15.0 Å². The van der Waals surface area contributed by atoms with E-state index in [1.807, 2.05) is 6.07 Å². The Bertz CT molecular complexity index is 976. The van der Waals surface area contributed by atoms with E-state index in [4.69, 9.17) is 38.9 Å². The predicted molar refractivity (Wildman–Crippen MR) is 95.6 cm³/mol. The molecule has 0 aliphatic carbocycles. The van der Waals surface area contributed by atoms with Gasteiger partial charge in [0.1, 0.15) is 23.5 Å². The van der Waals surface area contributed by atoms with Crippen LogP contribution in [-0.2, 0) is 6.42 Å². The first kappa shape index (κ1) is 17.8. The molecule has 3 aromatic rings. The van der Waals surface area contributed by atoms with Gasteiger partial charge in [-0.15, -0.1) is 0 Å². The summed E-state index contributed by atoms with van der Waals surface area (Å²) in [5.74, 6) is 1.52. The molecule has 0 aliphatic rings. The monoisotopic (exact) mass is 387 g/mol. The highest BCUT2D eigenvalue weighted by Crippen LogP contribution is 2.35. The first-order valence-corrected chi connectivity index (χ1v) is 8.08. The average molecular weight is 388 g/mol. The van der Waals surface area contributed by atoms with Gasteiger partial charge >= 0.3 is 0 Å². The fourth-order valence-corrected chi connectivity index (χ4v) is 2.64. The Morgan fingerprint density at radius 2 is 1.81 bits per heavy atom. The number of nitrogens with two attached hydrogens (primary N) is 1. The van der Waals surface area contributed by atoms with Crippen LogP contribution in [0, 0.1) is 11.3 Å². The highest BCUT2D eigenvalue weighted by Gasteiger charge is 2.15. The Kier molecular flexibility index (Phi) is 5.41. The Morgan fingerprint density at radius 1 is 1.04 bits per heavy atom. The minimum absolute atomic E-state index is 0.0337. The lowest BCUT2D eigenvalue weighted by Crippen LogP contribution is -2.07. The van der Waals surface area contributed by atoms with Gasteiger partial charge in [0.15, 0.2) is 12.4 Å². The van der Waals surface area contributed by atoms with E-state index in [1.54, 1.807) is 24.5 Å². The van der Waals surface area contributed by atoms with Crippen LogP contribution in [0.2, 0.25) is 10.0 Å².